The Morgan fingerprint density at radius 1 is 1.46 bits per heavy atom. The monoisotopic (exact) mass is 191 g/mol. The molecule has 2 N–H and O–H groups in total. The molecule has 1 nitrogen and oxygen atoms in total. The predicted molar refractivity (Wildman–Crippen MR) is 49.7 cm³/mol. The predicted octanol–water partition coefficient (Wildman–Crippen LogP) is 2.80. The molecule has 0 aromatic heterocycles. The minimum absolute atomic E-state index is 0.0709. The summed E-state index contributed by atoms with van der Waals surface area (Å²) in [6, 6.07) is 0. The van der Waals surface area contributed by atoms with Crippen molar-refractivity contribution in [2.75, 3.05) is 6.54 Å². The molecule has 1 saturated carbocycles. The number of hydrogen-bond donors (Lipinski definition) is 1. The summed E-state index contributed by atoms with van der Waals surface area (Å²) < 4.78 is 26.5. The number of halogens is 2. The van der Waals surface area contributed by atoms with Gasteiger partial charge in [-0.05, 0) is 24.7 Å². The van der Waals surface area contributed by atoms with Crippen LogP contribution in [0.3, 0.4) is 0 Å². The molecule has 13 heavy (non-hydrogen) atoms. The van der Waals surface area contributed by atoms with Gasteiger partial charge in [0.1, 0.15) is 0 Å². The SMILES string of the molecule is CC1(C)CCCC(C(F)(F)CN)C1. The third-order valence-electron chi connectivity index (χ3n) is 3.07. The van der Waals surface area contributed by atoms with Crippen LogP contribution in [0.4, 0.5) is 8.78 Å². The normalized spacial score (nSPS) is 28.8. The Balaban J connectivity index is 2.61. The molecule has 0 radical (unpaired) electrons. The maximum Gasteiger partial charge on any atom is 0.262 e. The lowest BCUT2D eigenvalue weighted by Crippen LogP contribution is -2.40. The topological polar surface area (TPSA) is 26.0 Å². The van der Waals surface area contributed by atoms with E-state index in [0.717, 1.165) is 12.8 Å². The standard InChI is InChI=1S/C10H19F2N/c1-9(2)5-3-4-8(6-9)10(11,12)7-13/h8H,3-7,13H2,1-2H3. The summed E-state index contributed by atoms with van der Waals surface area (Å²) in [6.45, 7) is 3.62. The number of nitrogens with two attached hydrogens (primary N) is 1. The Kier molecular flexibility index (Phi) is 2.95. The van der Waals surface area contributed by atoms with E-state index in [1.165, 1.54) is 0 Å². The average Bonchev–Trinajstić information content (AvgIpc) is 2.03. The van der Waals surface area contributed by atoms with Gasteiger partial charge in [-0.3, -0.25) is 0 Å². The highest BCUT2D eigenvalue weighted by molar-refractivity contribution is 4.87. The Bertz CT molecular complexity index is 178. The van der Waals surface area contributed by atoms with Crippen molar-refractivity contribution in [3.63, 3.8) is 0 Å². The van der Waals surface area contributed by atoms with Crippen molar-refractivity contribution in [3.05, 3.63) is 0 Å². The highest BCUT2D eigenvalue weighted by Crippen LogP contribution is 2.44. The van der Waals surface area contributed by atoms with Crippen LogP contribution in [0.1, 0.15) is 39.5 Å². The maximum atomic E-state index is 13.3. The van der Waals surface area contributed by atoms with E-state index in [2.05, 4.69) is 13.8 Å². The second-order valence-corrected chi connectivity index (χ2v) is 4.92. The van der Waals surface area contributed by atoms with E-state index < -0.39 is 18.4 Å². The van der Waals surface area contributed by atoms with Crippen molar-refractivity contribution < 1.29 is 8.78 Å². The average molecular weight is 191 g/mol. The van der Waals surface area contributed by atoms with E-state index >= 15 is 0 Å². The third-order valence-corrected chi connectivity index (χ3v) is 3.07. The van der Waals surface area contributed by atoms with E-state index in [0.29, 0.717) is 12.8 Å². The second-order valence-electron chi connectivity index (χ2n) is 4.92. The number of hydrogen-bond acceptors (Lipinski definition) is 1. The molecule has 1 aliphatic rings. The van der Waals surface area contributed by atoms with E-state index in [1.807, 2.05) is 0 Å². The lowest BCUT2D eigenvalue weighted by atomic mass is 9.70. The largest absolute Gasteiger partial charge is 0.325 e. The van der Waals surface area contributed by atoms with Gasteiger partial charge >= 0.3 is 0 Å². The molecular weight excluding hydrogens is 172 g/mol. The highest BCUT2D eigenvalue weighted by atomic mass is 19.3. The van der Waals surface area contributed by atoms with Crippen LogP contribution in [0.25, 0.3) is 0 Å². The van der Waals surface area contributed by atoms with Crippen LogP contribution in [0.15, 0.2) is 0 Å². The molecule has 1 rings (SSSR count). The van der Waals surface area contributed by atoms with Gasteiger partial charge in [-0.1, -0.05) is 20.3 Å². The Hall–Kier alpha value is -0.180. The summed E-state index contributed by atoms with van der Waals surface area (Å²) in [5.41, 5.74) is 5.15. The molecule has 0 amide bonds. The zero-order chi connectivity index (χ0) is 10.1. The van der Waals surface area contributed by atoms with Crippen molar-refractivity contribution in [2.24, 2.45) is 17.1 Å². The third kappa shape index (κ3) is 2.63. The van der Waals surface area contributed by atoms with Crippen molar-refractivity contribution >= 4 is 0 Å². The fraction of sp³-hybridized carbons (Fsp3) is 1.00. The van der Waals surface area contributed by atoms with Gasteiger partial charge in [-0.2, -0.15) is 0 Å². The first-order valence-corrected chi connectivity index (χ1v) is 4.95. The Labute approximate surface area is 78.7 Å². The fourth-order valence-corrected chi connectivity index (χ4v) is 2.23. The lowest BCUT2D eigenvalue weighted by Gasteiger charge is -2.38. The van der Waals surface area contributed by atoms with Crippen LogP contribution in [-0.4, -0.2) is 12.5 Å². The summed E-state index contributed by atoms with van der Waals surface area (Å²) >= 11 is 0. The zero-order valence-corrected chi connectivity index (χ0v) is 8.45. The van der Waals surface area contributed by atoms with Crippen LogP contribution < -0.4 is 5.73 Å². The van der Waals surface area contributed by atoms with Gasteiger partial charge in [0.2, 0.25) is 0 Å². The molecule has 0 spiro atoms. The Morgan fingerprint density at radius 3 is 2.54 bits per heavy atom. The molecule has 78 valence electrons. The maximum absolute atomic E-state index is 13.3. The molecule has 1 unspecified atom stereocenters. The molecule has 0 aromatic carbocycles. The molecular formula is C10H19F2N. The first kappa shape index (κ1) is 10.9. The first-order chi connectivity index (χ1) is 5.87. The summed E-state index contributed by atoms with van der Waals surface area (Å²) in [5, 5.41) is 0. The zero-order valence-electron chi connectivity index (χ0n) is 8.45. The number of alkyl halides is 2. The van der Waals surface area contributed by atoms with E-state index in [4.69, 9.17) is 5.73 Å². The van der Waals surface area contributed by atoms with Crippen molar-refractivity contribution in [2.45, 2.75) is 45.5 Å². The molecule has 1 aliphatic carbocycles. The van der Waals surface area contributed by atoms with Gasteiger partial charge < -0.3 is 5.73 Å². The number of rotatable bonds is 2. The van der Waals surface area contributed by atoms with Gasteiger partial charge in [0.25, 0.3) is 5.92 Å². The Morgan fingerprint density at radius 2 is 2.08 bits per heavy atom. The second kappa shape index (κ2) is 3.52. The van der Waals surface area contributed by atoms with Crippen LogP contribution in [0.5, 0.6) is 0 Å². The molecule has 0 heterocycles. The fourth-order valence-electron chi connectivity index (χ4n) is 2.23. The van der Waals surface area contributed by atoms with Crippen molar-refractivity contribution in [3.8, 4) is 0 Å². The summed E-state index contributed by atoms with van der Waals surface area (Å²) in [5.74, 6) is -3.15. The van der Waals surface area contributed by atoms with Gasteiger partial charge in [0, 0.05) is 5.92 Å². The van der Waals surface area contributed by atoms with Crippen LogP contribution in [0, 0.1) is 11.3 Å². The summed E-state index contributed by atoms with van der Waals surface area (Å²) in [6.07, 6.45) is 3.21. The molecule has 0 aromatic rings. The van der Waals surface area contributed by atoms with Gasteiger partial charge in [0.05, 0.1) is 6.54 Å². The van der Waals surface area contributed by atoms with Crippen LogP contribution >= 0.6 is 0 Å². The minimum atomic E-state index is -2.66. The van der Waals surface area contributed by atoms with E-state index in [-0.39, 0.29) is 5.41 Å². The van der Waals surface area contributed by atoms with Gasteiger partial charge in [-0.15, -0.1) is 0 Å². The van der Waals surface area contributed by atoms with Crippen molar-refractivity contribution in [1.82, 2.24) is 0 Å². The summed E-state index contributed by atoms with van der Waals surface area (Å²) in [7, 11) is 0. The van der Waals surface area contributed by atoms with Crippen molar-refractivity contribution in [1.29, 1.82) is 0 Å². The molecule has 0 aliphatic heterocycles. The lowest BCUT2D eigenvalue weighted by molar-refractivity contribution is -0.0786. The minimum Gasteiger partial charge on any atom is -0.325 e. The first-order valence-electron chi connectivity index (χ1n) is 4.95. The van der Waals surface area contributed by atoms with Gasteiger partial charge in [0.15, 0.2) is 0 Å². The van der Waals surface area contributed by atoms with E-state index in [9.17, 15) is 8.78 Å². The van der Waals surface area contributed by atoms with E-state index in [1.54, 1.807) is 0 Å². The molecule has 1 fully saturated rings. The molecule has 3 heteroatoms. The molecule has 1 atom stereocenters. The molecule has 0 bridgehead atoms. The highest BCUT2D eigenvalue weighted by Gasteiger charge is 2.42. The molecule has 0 saturated heterocycles. The smallest absolute Gasteiger partial charge is 0.262 e. The quantitative estimate of drug-likeness (QED) is 0.713. The van der Waals surface area contributed by atoms with Gasteiger partial charge in [-0.25, -0.2) is 8.78 Å². The summed E-state index contributed by atoms with van der Waals surface area (Å²) in [4.78, 5) is 0. The van der Waals surface area contributed by atoms with Crippen LogP contribution in [-0.2, 0) is 0 Å². The van der Waals surface area contributed by atoms with Crippen LogP contribution in [0.2, 0.25) is 0 Å².